The van der Waals surface area contributed by atoms with E-state index in [1.807, 2.05) is 30.6 Å². The van der Waals surface area contributed by atoms with E-state index in [-0.39, 0.29) is 68.2 Å². The number of carbonyl (C=O) groups is 3. The van der Waals surface area contributed by atoms with Crippen LogP contribution in [0.15, 0.2) is 42.7 Å². The van der Waals surface area contributed by atoms with E-state index in [9.17, 15) is 0 Å². The molecule has 0 aliphatic heterocycles. The number of hydrogen-bond donors (Lipinski definition) is 0. The summed E-state index contributed by atoms with van der Waals surface area (Å²) < 4.78 is 0. The maximum Gasteiger partial charge on any atom is 2.00 e. The van der Waals surface area contributed by atoms with Gasteiger partial charge in [0, 0.05) is 30.3 Å². The number of carboxylic acid groups (broad SMARTS) is 3. The van der Waals surface area contributed by atoms with Gasteiger partial charge in [0.05, 0.1) is 0 Å². The molecule has 7 nitrogen and oxygen atoms in total. The summed E-state index contributed by atoms with van der Waals surface area (Å²) in [6, 6.07) is 10.2. The quantitative estimate of drug-likeness (QED) is 0.404. The first-order chi connectivity index (χ1) is 10.2. The minimum Gasteiger partial charge on any atom is -0.550 e. The molecular weight excluding hydrogens is 388 g/mol. The summed E-state index contributed by atoms with van der Waals surface area (Å²) in [5, 5.41) is 29.1. The molecule has 0 N–H and O–H groups in total. The largest absolute Gasteiger partial charge is 2.00 e. The fourth-order valence-electron chi connectivity index (χ4n) is 1.03. The molecule has 1 radical (unpaired) electrons. The summed E-state index contributed by atoms with van der Waals surface area (Å²) in [6.07, 6.45) is 3.68. The fourth-order valence-corrected chi connectivity index (χ4v) is 1.03. The first kappa shape index (κ1) is 31.0. The fraction of sp³-hybridized carbons (Fsp3) is 0.200. The molecule has 2 aromatic rings. The van der Waals surface area contributed by atoms with Crippen molar-refractivity contribution in [2.45, 2.75) is 20.8 Å². The van der Waals surface area contributed by atoms with Gasteiger partial charge in [0.1, 0.15) is 0 Å². The van der Waals surface area contributed by atoms with Crippen molar-refractivity contribution in [1.82, 2.24) is 4.98 Å². The van der Waals surface area contributed by atoms with Gasteiger partial charge in [-0.2, -0.15) is 0 Å². The Bertz CT molecular complexity index is 503. The van der Waals surface area contributed by atoms with Gasteiger partial charge in [-0.1, -0.05) is 24.3 Å². The first-order valence-corrected chi connectivity index (χ1v) is 5.98. The average molecular weight is 404 g/mol. The summed E-state index contributed by atoms with van der Waals surface area (Å²) in [7, 11) is 0. The maximum atomic E-state index is 8.89. The van der Waals surface area contributed by atoms with Gasteiger partial charge in [-0.3, -0.25) is 4.98 Å². The number of fused-ring (bicyclic) bond motifs is 1. The molecule has 0 unspecified atom stereocenters. The van der Waals surface area contributed by atoms with Crippen molar-refractivity contribution in [3.63, 3.8) is 0 Å². The van der Waals surface area contributed by atoms with Crippen LogP contribution in [0.25, 0.3) is 10.8 Å². The van der Waals surface area contributed by atoms with E-state index in [0.29, 0.717) is 0 Å². The number of carboxylic acids is 3. The molecule has 2 rings (SSSR count). The van der Waals surface area contributed by atoms with E-state index >= 15 is 0 Å². The van der Waals surface area contributed by atoms with Gasteiger partial charge in [-0.15, -0.1) is 0 Å². The van der Waals surface area contributed by atoms with Gasteiger partial charge < -0.3 is 29.7 Å². The zero-order valence-corrected chi connectivity index (χ0v) is 17.9. The average Bonchev–Trinajstić information content (AvgIpc) is 2.37. The van der Waals surface area contributed by atoms with Crippen LogP contribution in [0.4, 0.5) is 0 Å². The summed E-state index contributed by atoms with van der Waals surface area (Å²) >= 11 is 0. The number of benzene rings is 1. The zero-order valence-electron chi connectivity index (χ0n) is 13.8. The summed E-state index contributed by atoms with van der Waals surface area (Å²) in [6.45, 7) is 2.92. The Hall–Kier alpha value is -0.817. The van der Waals surface area contributed by atoms with Crippen LogP contribution in [-0.2, 0) is 31.2 Å². The van der Waals surface area contributed by atoms with Crippen LogP contribution in [-0.4, -0.2) is 22.9 Å². The Morgan fingerprint density at radius 3 is 1.46 bits per heavy atom. The normalized spacial score (nSPS) is 7.29. The number of pyridine rings is 1. The zero-order chi connectivity index (χ0) is 17.5. The second-order valence-electron chi connectivity index (χ2n) is 3.70. The molecule has 1 aromatic heterocycles. The van der Waals surface area contributed by atoms with Crippen LogP contribution in [0.5, 0.6) is 0 Å². The maximum absolute atomic E-state index is 8.89. The number of carbonyl (C=O) groups excluding carboxylic acids is 3. The number of rotatable bonds is 0. The summed E-state index contributed by atoms with van der Waals surface area (Å²) in [4.78, 5) is 30.7. The van der Waals surface area contributed by atoms with Crippen molar-refractivity contribution in [3.8, 4) is 0 Å². The van der Waals surface area contributed by atoms with Crippen LogP contribution in [0.3, 0.4) is 0 Å². The van der Waals surface area contributed by atoms with E-state index in [1.54, 1.807) is 0 Å². The molecule has 0 spiro atoms. The molecule has 0 amide bonds. The van der Waals surface area contributed by atoms with Crippen molar-refractivity contribution >= 4 is 28.7 Å². The van der Waals surface area contributed by atoms with Crippen molar-refractivity contribution in [2.24, 2.45) is 0 Å². The second kappa shape index (κ2) is 20.2. The molecule has 0 aliphatic rings. The smallest absolute Gasteiger partial charge is 0.550 e. The molecule has 0 saturated heterocycles. The molecule has 24 heavy (non-hydrogen) atoms. The minimum absolute atomic E-state index is 0. The predicted molar refractivity (Wildman–Crippen MR) is 73.8 cm³/mol. The standard InChI is InChI=1S/C9H7N.3C2H4O2.Co.K/c1-2-4-9-7-10-6-5-8(9)3-1;3*1-2(3)4;;/h1-7H;3*1H3,(H,3,4);;/q;;;;+2;+1/p-3. The van der Waals surface area contributed by atoms with Crippen molar-refractivity contribution in [2.75, 3.05) is 0 Å². The van der Waals surface area contributed by atoms with Gasteiger partial charge in [-0.05, 0) is 37.6 Å². The molecule has 9 heteroatoms. The van der Waals surface area contributed by atoms with Gasteiger partial charge in [0.25, 0.3) is 0 Å². The number of hydrogen-bond acceptors (Lipinski definition) is 7. The first-order valence-electron chi connectivity index (χ1n) is 5.98. The van der Waals surface area contributed by atoms with Crippen LogP contribution < -0.4 is 66.7 Å². The molecule has 0 saturated carbocycles. The minimum atomic E-state index is -1.08. The third-order valence-electron chi connectivity index (χ3n) is 1.55. The van der Waals surface area contributed by atoms with E-state index in [1.165, 1.54) is 10.8 Å². The molecule has 1 heterocycles. The van der Waals surface area contributed by atoms with Crippen LogP contribution in [0.2, 0.25) is 0 Å². The third-order valence-corrected chi connectivity index (χ3v) is 1.55. The third kappa shape index (κ3) is 29.2. The van der Waals surface area contributed by atoms with Crippen LogP contribution >= 0.6 is 0 Å². The Morgan fingerprint density at radius 2 is 1.12 bits per heavy atom. The Kier molecular flexibility index (Phi) is 26.1. The molecular formula is C15H16CoKNO6. The molecule has 0 aliphatic carbocycles. The second-order valence-corrected chi connectivity index (χ2v) is 3.70. The van der Waals surface area contributed by atoms with Gasteiger partial charge in [0.15, 0.2) is 0 Å². The van der Waals surface area contributed by atoms with Crippen LogP contribution in [0.1, 0.15) is 20.8 Å². The van der Waals surface area contributed by atoms with E-state index in [0.717, 1.165) is 20.8 Å². The van der Waals surface area contributed by atoms with Crippen molar-refractivity contribution in [3.05, 3.63) is 42.7 Å². The van der Waals surface area contributed by atoms with Gasteiger partial charge in [0.2, 0.25) is 0 Å². The monoisotopic (exact) mass is 404 g/mol. The molecule has 1 aromatic carbocycles. The molecule has 0 atom stereocenters. The summed E-state index contributed by atoms with van der Waals surface area (Å²) in [5.41, 5.74) is 0. The van der Waals surface area contributed by atoms with Gasteiger partial charge >= 0.3 is 68.2 Å². The number of aromatic nitrogens is 1. The van der Waals surface area contributed by atoms with E-state index in [4.69, 9.17) is 29.7 Å². The van der Waals surface area contributed by atoms with Gasteiger partial charge in [-0.25, -0.2) is 0 Å². The van der Waals surface area contributed by atoms with Crippen molar-refractivity contribution in [1.29, 1.82) is 0 Å². The SMILES string of the molecule is CC(=O)[O-].CC(=O)[O-].CC(=O)[O-].[Co+2].[K+].c1ccc2cnccc2c1. The predicted octanol–water partition coefficient (Wildman–Crippen LogP) is -4.50. The van der Waals surface area contributed by atoms with Crippen LogP contribution in [0, 0.1) is 0 Å². The van der Waals surface area contributed by atoms with Crippen molar-refractivity contribution < 1.29 is 97.9 Å². The number of aliphatic carboxylic acids is 3. The topological polar surface area (TPSA) is 133 Å². The number of nitrogens with zero attached hydrogens (tertiary/aromatic N) is 1. The van der Waals surface area contributed by atoms with E-state index in [2.05, 4.69) is 17.1 Å². The Balaban J connectivity index is -0.000000124. The molecule has 127 valence electrons. The van der Waals surface area contributed by atoms with E-state index < -0.39 is 17.9 Å². The Labute approximate surface area is 193 Å². The Morgan fingerprint density at radius 1 is 0.792 bits per heavy atom. The molecule has 0 bridgehead atoms. The summed E-state index contributed by atoms with van der Waals surface area (Å²) in [5.74, 6) is -3.25. The molecule has 0 fully saturated rings.